The normalized spacial score (nSPS) is 36.0. The molecule has 47 heavy (non-hydrogen) atoms. The van der Waals surface area contributed by atoms with Gasteiger partial charge in [-0.15, -0.1) is 0 Å². The van der Waals surface area contributed by atoms with Gasteiger partial charge in [0.15, 0.2) is 36.0 Å². The van der Waals surface area contributed by atoms with Gasteiger partial charge >= 0.3 is 5.69 Å². The Kier molecular flexibility index (Phi) is 9.85. The first kappa shape index (κ1) is 34.8. The number of rotatable bonds is 10. The molecule has 4 aliphatic heterocycles. The Morgan fingerprint density at radius 2 is 1.85 bits per heavy atom. The minimum absolute atomic E-state index is 0.0970. The SMILES string of the molecule is CO[C@@H]1[C@H](O)[C@@H](CO[P+](O)([S-])O[C@@H]2[C@H]3OC(C)(C)O[C@H]3O[C@@H]2[C@H]2COC(C)(C)O2)O[C@H]1n1ccc(N=C([O-])c2ccccc2)nc1=O. The number of aliphatic imine (C=N–C) groups is 1. The zero-order valence-corrected chi connectivity index (χ0v) is 27.9. The lowest BCUT2D eigenvalue weighted by molar-refractivity contribution is -0.231. The minimum atomic E-state index is -4.03. The second-order valence-electron chi connectivity index (χ2n) is 12.3. The van der Waals surface area contributed by atoms with Gasteiger partial charge in [-0.1, -0.05) is 30.3 Å². The molecular weight excluding hydrogens is 661 g/mol. The van der Waals surface area contributed by atoms with Gasteiger partial charge in [-0.2, -0.15) is 14.0 Å². The van der Waals surface area contributed by atoms with Crippen LogP contribution in [0.4, 0.5) is 5.82 Å². The van der Waals surface area contributed by atoms with Crippen LogP contribution in [0.3, 0.4) is 0 Å². The molecule has 0 saturated carbocycles. The summed E-state index contributed by atoms with van der Waals surface area (Å²) in [6, 6.07) is 9.70. The molecule has 0 aliphatic carbocycles. The van der Waals surface area contributed by atoms with Crippen molar-refractivity contribution in [2.24, 2.45) is 4.99 Å². The predicted molar refractivity (Wildman–Crippen MR) is 163 cm³/mol. The van der Waals surface area contributed by atoms with Crippen molar-refractivity contribution >= 4 is 31.1 Å². The van der Waals surface area contributed by atoms with E-state index in [9.17, 15) is 19.9 Å². The highest BCUT2D eigenvalue weighted by Crippen LogP contribution is 2.59. The second kappa shape index (κ2) is 13.3. The molecule has 0 amide bonds. The summed E-state index contributed by atoms with van der Waals surface area (Å²) < 4.78 is 53.8. The first-order valence-electron chi connectivity index (χ1n) is 14.9. The van der Waals surface area contributed by atoms with Crippen LogP contribution < -0.4 is 10.8 Å². The van der Waals surface area contributed by atoms with Crippen molar-refractivity contribution in [1.29, 1.82) is 0 Å². The summed E-state index contributed by atoms with van der Waals surface area (Å²) in [6.07, 6.45) is -7.10. The van der Waals surface area contributed by atoms with E-state index in [1.165, 1.54) is 19.4 Å². The Balaban J connectivity index is 1.13. The highest BCUT2D eigenvalue weighted by Gasteiger charge is 2.61. The van der Waals surface area contributed by atoms with Gasteiger partial charge in [-0.05, 0) is 45.2 Å². The van der Waals surface area contributed by atoms with Gasteiger partial charge in [0.25, 0.3) is 7.15 Å². The summed E-state index contributed by atoms with van der Waals surface area (Å²) in [5, 5.41) is 23.4. The molecule has 2 N–H and O–H groups in total. The van der Waals surface area contributed by atoms with Gasteiger partial charge in [0.2, 0.25) is 0 Å². The number of aliphatic hydroxyl groups is 1. The number of hydrogen-bond acceptors (Lipinski definition) is 16. The topological polar surface area (TPSA) is 194 Å². The van der Waals surface area contributed by atoms with E-state index < -0.39 is 92.2 Å². The van der Waals surface area contributed by atoms with Gasteiger partial charge < -0.3 is 55.6 Å². The molecular formula is C29H37N3O13PS-. The minimum Gasteiger partial charge on any atom is -0.858 e. The summed E-state index contributed by atoms with van der Waals surface area (Å²) in [5.74, 6) is -2.49. The molecule has 258 valence electrons. The Labute approximate surface area is 276 Å². The standard InChI is InChI=1S/C29H38N3O13PS/c1-28(2)38-13-17(42-28)20-22(23-26(41-20)44-29(3,4)43-23)45-46(36,47)39-14-16-19(33)21(37-5)25(40-16)32-12-11-18(31-27(32)35)30-24(34)15-9-7-6-8-10-15/h6-12,16-17,19-23,25-26,33H,13-14H2,1-5H3,(H,36,47)(H,30,31,34,35)/p-1/t16-,17-,19-,20-,21-,22+,23-,25-,26-,46?/m1/s1. The fraction of sp³-hybridized carbons (Fsp3) is 0.621. The molecule has 10 atom stereocenters. The monoisotopic (exact) mass is 698 g/mol. The summed E-state index contributed by atoms with van der Waals surface area (Å²) in [7, 11) is -2.69. The van der Waals surface area contributed by atoms with Gasteiger partial charge in [-0.25, -0.2) is 14.7 Å². The fourth-order valence-corrected chi connectivity index (χ4v) is 7.32. The lowest BCUT2D eigenvalue weighted by Crippen LogP contribution is -2.44. The molecule has 0 spiro atoms. The van der Waals surface area contributed by atoms with Crippen LogP contribution in [0.15, 0.2) is 52.4 Å². The third-order valence-corrected chi connectivity index (χ3v) is 9.55. The third-order valence-electron chi connectivity index (χ3n) is 7.99. The molecule has 18 heteroatoms. The molecule has 1 unspecified atom stereocenters. The van der Waals surface area contributed by atoms with E-state index in [1.54, 1.807) is 58.0 Å². The molecule has 16 nitrogen and oxygen atoms in total. The Morgan fingerprint density at radius 1 is 1.11 bits per heavy atom. The summed E-state index contributed by atoms with van der Waals surface area (Å²) in [4.78, 5) is 31.9. The van der Waals surface area contributed by atoms with Gasteiger partial charge in [0.1, 0.15) is 43.2 Å². The van der Waals surface area contributed by atoms with E-state index in [-0.39, 0.29) is 12.4 Å². The maximum Gasteiger partial charge on any atom is 0.351 e. The van der Waals surface area contributed by atoms with E-state index in [0.29, 0.717) is 5.56 Å². The van der Waals surface area contributed by atoms with Crippen LogP contribution in [0.25, 0.3) is 0 Å². The zero-order valence-electron chi connectivity index (χ0n) is 26.2. The summed E-state index contributed by atoms with van der Waals surface area (Å²) in [5.41, 5.74) is -0.460. The first-order valence-corrected chi connectivity index (χ1v) is 17.5. The van der Waals surface area contributed by atoms with E-state index in [2.05, 4.69) is 9.98 Å². The number of ether oxygens (including phenoxy) is 7. The van der Waals surface area contributed by atoms with Crippen LogP contribution in [0, 0.1) is 0 Å². The number of benzene rings is 1. The van der Waals surface area contributed by atoms with E-state index in [0.717, 1.165) is 4.57 Å². The van der Waals surface area contributed by atoms with Crippen molar-refractivity contribution in [3.8, 4) is 0 Å². The van der Waals surface area contributed by atoms with Crippen LogP contribution in [0.5, 0.6) is 0 Å². The Bertz CT molecular complexity index is 1510. The van der Waals surface area contributed by atoms with Crippen LogP contribution in [-0.4, -0.2) is 106 Å². The number of fused-ring (bicyclic) bond motifs is 1. The van der Waals surface area contributed by atoms with Crippen molar-refractivity contribution in [3.63, 3.8) is 0 Å². The molecule has 2 aromatic rings. The molecule has 4 fully saturated rings. The van der Waals surface area contributed by atoms with Crippen molar-refractivity contribution in [2.45, 2.75) is 94.5 Å². The maximum atomic E-state index is 13.0. The van der Waals surface area contributed by atoms with E-state index >= 15 is 0 Å². The second-order valence-corrected chi connectivity index (χ2v) is 15.1. The highest BCUT2D eigenvalue weighted by atomic mass is 32.7. The van der Waals surface area contributed by atoms with Gasteiger partial charge in [-0.3, -0.25) is 4.57 Å². The molecule has 0 radical (unpaired) electrons. The molecule has 6 rings (SSSR count). The highest BCUT2D eigenvalue weighted by molar-refractivity contribution is 8.35. The summed E-state index contributed by atoms with van der Waals surface area (Å²) in [6.45, 7) is 6.76. The largest absolute Gasteiger partial charge is 0.858 e. The summed E-state index contributed by atoms with van der Waals surface area (Å²) >= 11 is 5.36. The van der Waals surface area contributed by atoms with Crippen LogP contribution in [0.2, 0.25) is 0 Å². The van der Waals surface area contributed by atoms with Crippen molar-refractivity contribution in [1.82, 2.24) is 9.55 Å². The van der Waals surface area contributed by atoms with Gasteiger partial charge in [0, 0.05) is 13.3 Å². The lowest BCUT2D eigenvalue weighted by atomic mass is 10.1. The first-order chi connectivity index (χ1) is 22.2. The quantitative estimate of drug-likeness (QED) is 0.152. The maximum absolute atomic E-state index is 13.0. The van der Waals surface area contributed by atoms with Crippen molar-refractivity contribution in [2.75, 3.05) is 20.3 Å². The average molecular weight is 699 g/mol. The average Bonchev–Trinajstić information content (AvgIpc) is 3.71. The van der Waals surface area contributed by atoms with E-state index in [1.807, 2.05) is 0 Å². The number of hydrogen-bond donors (Lipinski definition) is 2. The van der Waals surface area contributed by atoms with Crippen molar-refractivity contribution in [3.05, 3.63) is 58.6 Å². The lowest BCUT2D eigenvalue weighted by Gasteiger charge is -2.32. The Hall–Kier alpha value is -2.09. The fourth-order valence-electron chi connectivity index (χ4n) is 5.90. The molecule has 1 aromatic heterocycles. The predicted octanol–water partition coefficient (Wildman–Crippen LogP) is 0.602. The zero-order chi connectivity index (χ0) is 33.7. The third kappa shape index (κ3) is 7.57. The van der Waals surface area contributed by atoms with Crippen LogP contribution in [0.1, 0.15) is 39.5 Å². The number of nitrogens with zero attached hydrogens (tertiary/aromatic N) is 3. The van der Waals surface area contributed by atoms with Crippen molar-refractivity contribution < 1.29 is 57.3 Å². The molecule has 1 aromatic carbocycles. The number of aromatic nitrogens is 2. The number of aliphatic hydroxyl groups excluding tert-OH is 1. The van der Waals surface area contributed by atoms with Gasteiger partial charge in [0.05, 0.1) is 6.61 Å². The molecule has 5 heterocycles. The Morgan fingerprint density at radius 3 is 2.51 bits per heavy atom. The van der Waals surface area contributed by atoms with Crippen LogP contribution >= 0.6 is 7.15 Å². The van der Waals surface area contributed by atoms with E-state index in [4.69, 9.17) is 54.5 Å². The molecule has 4 saturated heterocycles. The smallest absolute Gasteiger partial charge is 0.351 e. The molecule has 0 bridgehead atoms. The number of methoxy groups -OCH3 is 1. The molecule has 4 aliphatic rings. The van der Waals surface area contributed by atoms with Crippen LogP contribution in [-0.2, 0) is 54.5 Å².